The Labute approximate surface area is 143 Å². The van der Waals surface area contributed by atoms with Crippen LogP contribution in [-0.2, 0) is 9.53 Å². The van der Waals surface area contributed by atoms with E-state index in [2.05, 4.69) is 4.74 Å². The molecule has 25 heavy (non-hydrogen) atoms. The van der Waals surface area contributed by atoms with Crippen LogP contribution < -0.4 is 0 Å². The van der Waals surface area contributed by atoms with Gasteiger partial charge in [-0.3, -0.25) is 14.9 Å². The Morgan fingerprint density at radius 3 is 2.12 bits per heavy atom. The SMILES string of the molecule is COC(=O)[C@@](F)(C(=O)c1ccccc1)[C@@H](C[N+](=O)[O-])c1ccccc1. The Morgan fingerprint density at radius 1 is 1.12 bits per heavy atom. The number of hydrogen-bond acceptors (Lipinski definition) is 5. The Balaban J connectivity index is 2.61. The number of nitro groups is 1. The molecule has 2 atom stereocenters. The van der Waals surface area contributed by atoms with Crippen molar-refractivity contribution in [2.45, 2.75) is 11.6 Å². The number of hydrogen-bond donors (Lipinski definition) is 0. The van der Waals surface area contributed by atoms with Crippen LogP contribution >= 0.6 is 0 Å². The third kappa shape index (κ3) is 3.71. The molecule has 0 unspecified atom stereocenters. The van der Waals surface area contributed by atoms with Gasteiger partial charge < -0.3 is 4.74 Å². The van der Waals surface area contributed by atoms with Crippen LogP contribution in [0.5, 0.6) is 0 Å². The van der Waals surface area contributed by atoms with E-state index >= 15 is 4.39 Å². The van der Waals surface area contributed by atoms with Crippen LogP contribution in [-0.4, -0.2) is 36.0 Å². The minimum atomic E-state index is -3.22. The van der Waals surface area contributed by atoms with Crippen LogP contribution in [0.1, 0.15) is 21.8 Å². The molecule has 0 saturated carbocycles. The summed E-state index contributed by atoms with van der Waals surface area (Å²) in [5.74, 6) is -4.25. The molecule has 0 saturated heterocycles. The normalized spacial score (nSPS) is 14.2. The molecule has 6 nitrogen and oxygen atoms in total. The minimum absolute atomic E-state index is 0.0697. The molecule has 2 rings (SSSR count). The summed E-state index contributed by atoms with van der Waals surface area (Å²) >= 11 is 0. The van der Waals surface area contributed by atoms with Crippen molar-refractivity contribution < 1.29 is 23.6 Å². The lowest BCUT2D eigenvalue weighted by Crippen LogP contribution is -2.50. The maximum absolute atomic E-state index is 15.8. The van der Waals surface area contributed by atoms with E-state index in [0.29, 0.717) is 0 Å². The second-order valence-electron chi connectivity index (χ2n) is 5.38. The Hall–Kier alpha value is -3.09. The van der Waals surface area contributed by atoms with Crippen molar-refractivity contribution in [3.8, 4) is 0 Å². The van der Waals surface area contributed by atoms with Crippen molar-refractivity contribution in [3.63, 3.8) is 0 Å². The highest BCUT2D eigenvalue weighted by atomic mass is 19.1. The van der Waals surface area contributed by atoms with Crippen molar-refractivity contribution in [1.29, 1.82) is 0 Å². The van der Waals surface area contributed by atoms with Crippen LogP contribution in [0, 0.1) is 10.1 Å². The number of ether oxygens (including phenoxy) is 1. The van der Waals surface area contributed by atoms with Crippen molar-refractivity contribution in [3.05, 3.63) is 81.9 Å². The highest BCUT2D eigenvalue weighted by Crippen LogP contribution is 2.36. The highest BCUT2D eigenvalue weighted by Gasteiger charge is 2.57. The maximum atomic E-state index is 15.8. The van der Waals surface area contributed by atoms with Crippen LogP contribution in [0.25, 0.3) is 0 Å². The monoisotopic (exact) mass is 345 g/mol. The van der Waals surface area contributed by atoms with Crippen molar-refractivity contribution in [2.75, 3.05) is 13.7 Å². The largest absolute Gasteiger partial charge is 0.466 e. The zero-order chi connectivity index (χ0) is 18.4. The van der Waals surface area contributed by atoms with Gasteiger partial charge in [0.25, 0.3) is 5.67 Å². The molecule has 0 fully saturated rings. The van der Waals surface area contributed by atoms with Crippen molar-refractivity contribution in [2.24, 2.45) is 0 Å². The van der Waals surface area contributed by atoms with E-state index in [1.165, 1.54) is 36.4 Å². The molecular weight excluding hydrogens is 329 g/mol. The number of ketones is 1. The number of alkyl halides is 1. The van der Waals surface area contributed by atoms with Gasteiger partial charge in [-0.05, 0) is 5.56 Å². The van der Waals surface area contributed by atoms with Gasteiger partial charge in [0.2, 0.25) is 12.3 Å². The van der Waals surface area contributed by atoms with Gasteiger partial charge >= 0.3 is 5.97 Å². The lowest BCUT2D eigenvalue weighted by Gasteiger charge is -2.28. The fraction of sp³-hybridized carbons (Fsp3) is 0.222. The van der Waals surface area contributed by atoms with Gasteiger partial charge in [-0.25, -0.2) is 9.18 Å². The average Bonchev–Trinajstić information content (AvgIpc) is 2.65. The number of halogens is 1. The van der Waals surface area contributed by atoms with Gasteiger partial charge in [-0.2, -0.15) is 0 Å². The van der Waals surface area contributed by atoms with Gasteiger partial charge in [-0.15, -0.1) is 0 Å². The van der Waals surface area contributed by atoms with Gasteiger partial charge in [0.05, 0.1) is 7.11 Å². The van der Waals surface area contributed by atoms with E-state index < -0.39 is 34.8 Å². The van der Waals surface area contributed by atoms with Crippen LogP contribution in [0.2, 0.25) is 0 Å². The fourth-order valence-electron chi connectivity index (χ4n) is 2.64. The lowest BCUT2D eigenvalue weighted by molar-refractivity contribution is -0.485. The predicted octanol–water partition coefficient (Wildman–Crippen LogP) is 2.81. The fourth-order valence-corrected chi connectivity index (χ4v) is 2.64. The van der Waals surface area contributed by atoms with Crippen molar-refractivity contribution >= 4 is 11.8 Å². The summed E-state index contributed by atoms with van der Waals surface area (Å²) in [6, 6.07) is 14.9. The molecule has 0 aliphatic heterocycles. The maximum Gasteiger partial charge on any atom is 0.352 e. The smallest absolute Gasteiger partial charge is 0.352 e. The summed E-state index contributed by atoms with van der Waals surface area (Å²) < 4.78 is 20.3. The topological polar surface area (TPSA) is 86.5 Å². The second kappa shape index (κ2) is 7.65. The van der Waals surface area contributed by atoms with E-state index in [1.807, 2.05) is 0 Å². The molecule has 130 valence electrons. The number of Topliss-reactive ketones (excluding diaryl/α,β-unsaturated/α-hetero) is 1. The minimum Gasteiger partial charge on any atom is -0.466 e. The summed E-state index contributed by atoms with van der Waals surface area (Å²) in [7, 11) is 0.934. The van der Waals surface area contributed by atoms with E-state index in [4.69, 9.17) is 0 Å². The Bertz CT molecular complexity index is 766. The number of nitrogens with zero attached hydrogens (tertiary/aromatic N) is 1. The van der Waals surface area contributed by atoms with Crippen LogP contribution in [0.15, 0.2) is 60.7 Å². The number of benzene rings is 2. The molecule has 2 aromatic carbocycles. The molecule has 0 amide bonds. The average molecular weight is 345 g/mol. The summed E-state index contributed by atoms with van der Waals surface area (Å²) in [4.78, 5) is 35.3. The zero-order valence-corrected chi connectivity index (χ0v) is 13.4. The van der Waals surface area contributed by atoms with E-state index in [-0.39, 0.29) is 11.1 Å². The third-order valence-electron chi connectivity index (χ3n) is 3.86. The predicted molar refractivity (Wildman–Crippen MR) is 87.7 cm³/mol. The molecule has 0 aliphatic rings. The summed E-state index contributed by atoms with van der Waals surface area (Å²) in [6.07, 6.45) is 0. The van der Waals surface area contributed by atoms with Gasteiger partial charge in [0.15, 0.2) is 0 Å². The van der Waals surface area contributed by atoms with Gasteiger partial charge in [-0.1, -0.05) is 60.7 Å². The molecule has 0 N–H and O–H groups in total. The molecule has 7 heteroatoms. The molecule has 0 spiro atoms. The first-order valence-electron chi connectivity index (χ1n) is 7.45. The third-order valence-corrected chi connectivity index (χ3v) is 3.86. The molecular formula is C18H16FNO5. The number of rotatable bonds is 7. The first-order valence-corrected chi connectivity index (χ1v) is 7.45. The molecule has 0 heterocycles. The highest BCUT2D eigenvalue weighted by molar-refractivity contribution is 6.16. The van der Waals surface area contributed by atoms with E-state index in [9.17, 15) is 19.7 Å². The Kier molecular flexibility index (Phi) is 5.59. The van der Waals surface area contributed by atoms with Gasteiger partial charge in [0.1, 0.15) is 5.92 Å². The standard InChI is InChI=1S/C18H16FNO5/c1-25-17(22)18(19,16(21)14-10-6-3-7-11-14)15(12-20(23)24)13-8-4-2-5-9-13/h2-11,15H,12H2,1H3/t15-,18-/m0/s1. The molecule has 2 aromatic rings. The van der Waals surface area contributed by atoms with Gasteiger partial charge in [0, 0.05) is 10.5 Å². The Morgan fingerprint density at radius 2 is 1.64 bits per heavy atom. The van der Waals surface area contributed by atoms with E-state index in [0.717, 1.165) is 7.11 Å². The second-order valence-corrected chi connectivity index (χ2v) is 5.38. The molecule has 0 bridgehead atoms. The zero-order valence-electron chi connectivity index (χ0n) is 13.4. The number of esters is 1. The number of carbonyl (C=O) groups excluding carboxylic acids is 2. The quantitative estimate of drug-likeness (QED) is 0.253. The number of methoxy groups -OCH3 is 1. The van der Waals surface area contributed by atoms with Crippen molar-refractivity contribution in [1.82, 2.24) is 0 Å². The van der Waals surface area contributed by atoms with E-state index in [1.54, 1.807) is 24.3 Å². The lowest BCUT2D eigenvalue weighted by atomic mass is 9.78. The molecule has 0 aromatic heterocycles. The summed E-state index contributed by atoms with van der Waals surface area (Å²) in [5.41, 5.74) is -3.12. The van der Waals surface area contributed by atoms with Crippen LogP contribution in [0.4, 0.5) is 4.39 Å². The van der Waals surface area contributed by atoms with Crippen LogP contribution in [0.3, 0.4) is 0 Å². The summed E-state index contributed by atoms with van der Waals surface area (Å²) in [5, 5.41) is 11.1. The first-order chi connectivity index (χ1) is 11.9. The summed E-state index contributed by atoms with van der Waals surface area (Å²) in [6.45, 7) is -0.936. The molecule has 0 aliphatic carbocycles. The molecule has 0 radical (unpaired) electrons. The first kappa shape index (κ1) is 18.3. The number of carbonyl (C=O) groups is 2.